The van der Waals surface area contributed by atoms with Crippen LogP contribution < -0.4 is 5.32 Å². The average Bonchev–Trinajstić information content (AvgIpc) is 2.24. The second-order valence-corrected chi connectivity index (χ2v) is 3.53. The number of carboxylic acids is 1. The molecule has 0 saturated heterocycles. The van der Waals surface area contributed by atoms with E-state index in [2.05, 4.69) is 5.32 Å². The highest BCUT2D eigenvalue weighted by molar-refractivity contribution is 5.66. The third-order valence-corrected chi connectivity index (χ3v) is 2.15. The van der Waals surface area contributed by atoms with Crippen molar-refractivity contribution in [2.45, 2.75) is 19.4 Å². The van der Waals surface area contributed by atoms with Gasteiger partial charge in [-0.1, -0.05) is 0 Å². The summed E-state index contributed by atoms with van der Waals surface area (Å²) in [6.07, 6.45) is 0.397. The molecule has 2 N–H and O–H groups in total. The molecule has 1 aromatic rings. The van der Waals surface area contributed by atoms with E-state index in [1.54, 1.807) is 0 Å². The van der Waals surface area contributed by atoms with E-state index < -0.39 is 23.4 Å². The van der Waals surface area contributed by atoms with Crippen molar-refractivity contribution in [2.24, 2.45) is 0 Å². The predicted molar refractivity (Wildman–Crippen MR) is 54.9 cm³/mol. The van der Waals surface area contributed by atoms with Gasteiger partial charge in [0.2, 0.25) is 0 Å². The Morgan fingerprint density at radius 3 is 2.47 bits per heavy atom. The molecular weight excluding hydrogens is 235 g/mol. The van der Waals surface area contributed by atoms with Gasteiger partial charge in [-0.3, -0.25) is 4.79 Å². The number of nitrogens with one attached hydrogen (secondary N) is 1. The summed E-state index contributed by atoms with van der Waals surface area (Å²) >= 11 is 0. The summed E-state index contributed by atoms with van der Waals surface area (Å²) in [6.45, 7) is 0.396. The first-order valence-electron chi connectivity index (χ1n) is 5.06. The lowest BCUT2D eigenvalue weighted by atomic mass is 10.2. The van der Waals surface area contributed by atoms with Gasteiger partial charge in [-0.05, 0) is 19.0 Å². The molecule has 0 atom stereocenters. The van der Waals surface area contributed by atoms with Gasteiger partial charge in [-0.15, -0.1) is 0 Å². The number of carbonyl (C=O) groups is 1. The van der Waals surface area contributed by atoms with Gasteiger partial charge >= 0.3 is 5.97 Å². The molecule has 0 bridgehead atoms. The van der Waals surface area contributed by atoms with Gasteiger partial charge in [0.05, 0.1) is 0 Å². The summed E-state index contributed by atoms with van der Waals surface area (Å²) < 4.78 is 38.5. The van der Waals surface area contributed by atoms with E-state index in [1.807, 2.05) is 0 Å². The zero-order valence-electron chi connectivity index (χ0n) is 8.97. The van der Waals surface area contributed by atoms with Gasteiger partial charge < -0.3 is 10.4 Å². The molecule has 94 valence electrons. The van der Waals surface area contributed by atoms with Crippen LogP contribution in [0.1, 0.15) is 18.4 Å². The van der Waals surface area contributed by atoms with Crippen LogP contribution in [0.3, 0.4) is 0 Å². The zero-order chi connectivity index (χ0) is 12.8. The van der Waals surface area contributed by atoms with E-state index in [-0.39, 0.29) is 18.5 Å². The van der Waals surface area contributed by atoms with Crippen LogP contribution in [0.5, 0.6) is 0 Å². The normalized spacial score (nSPS) is 10.5. The van der Waals surface area contributed by atoms with Gasteiger partial charge in [-0.25, -0.2) is 13.2 Å². The second kappa shape index (κ2) is 6.24. The fourth-order valence-corrected chi connectivity index (χ4v) is 1.29. The van der Waals surface area contributed by atoms with Gasteiger partial charge in [0.25, 0.3) is 0 Å². The number of aliphatic carboxylic acids is 1. The molecule has 0 aliphatic heterocycles. The van der Waals surface area contributed by atoms with Crippen molar-refractivity contribution in [1.29, 1.82) is 0 Å². The third kappa shape index (κ3) is 4.44. The zero-order valence-corrected chi connectivity index (χ0v) is 8.97. The molecule has 0 unspecified atom stereocenters. The number of benzene rings is 1. The van der Waals surface area contributed by atoms with Crippen molar-refractivity contribution in [3.05, 3.63) is 35.1 Å². The first-order valence-corrected chi connectivity index (χ1v) is 5.06. The van der Waals surface area contributed by atoms with Crippen LogP contribution in [0.4, 0.5) is 13.2 Å². The fraction of sp³-hybridized carbons (Fsp3) is 0.364. The van der Waals surface area contributed by atoms with E-state index in [0.717, 1.165) is 6.07 Å². The molecule has 0 aromatic heterocycles. The first kappa shape index (κ1) is 13.5. The molecule has 17 heavy (non-hydrogen) atoms. The highest BCUT2D eigenvalue weighted by Gasteiger charge is 2.09. The van der Waals surface area contributed by atoms with Crippen molar-refractivity contribution >= 4 is 5.97 Å². The largest absolute Gasteiger partial charge is 0.481 e. The molecule has 0 aliphatic rings. The van der Waals surface area contributed by atoms with Crippen LogP contribution in [-0.2, 0) is 11.3 Å². The monoisotopic (exact) mass is 247 g/mol. The summed E-state index contributed by atoms with van der Waals surface area (Å²) in [7, 11) is 0. The summed E-state index contributed by atoms with van der Waals surface area (Å²) in [5, 5.41) is 11.1. The Hall–Kier alpha value is -1.56. The predicted octanol–water partition coefficient (Wildman–Crippen LogP) is 2.06. The summed E-state index contributed by atoms with van der Waals surface area (Å²) in [6, 6.07) is 1.28. The van der Waals surface area contributed by atoms with E-state index in [9.17, 15) is 18.0 Å². The molecule has 0 radical (unpaired) electrons. The van der Waals surface area contributed by atoms with Crippen molar-refractivity contribution in [2.75, 3.05) is 6.54 Å². The van der Waals surface area contributed by atoms with Crippen LogP contribution in [0.15, 0.2) is 12.1 Å². The van der Waals surface area contributed by atoms with Crippen molar-refractivity contribution < 1.29 is 23.1 Å². The van der Waals surface area contributed by atoms with Crippen LogP contribution in [0.2, 0.25) is 0 Å². The van der Waals surface area contributed by atoms with E-state index >= 15 is 0 Å². The Morgan fingerprint density at radius 2 is 1.82 bits per heavy atom. The Balaban J connectivity index is 2.41. The van der Waals surface area contributed by atoms with Crippen LogP contribution in [0, 0.1) is 17.5 Å². The maximum absolute atomic E-state index is 13.1. The molecule has 0 spiro atoms. The van der Waals surface area contributed by atoms with E-state index in [4.69, 9.17) is 5.11 Å². The molecule has 0 aliphatic carbocycles. The van der Waals surface area contributed by atoms with Crippen molar-refractivity contribution in [3.8, 4) is 0 Å². The summed E-state index contributed by atoms with van der Waals surface area (Å²) in [5.41, 5.74) is 0.0132. The first-order chi connectivity index (χ1) is 8.00. The minimum atomic E-state index is -1.22. The lowest BCUT2D eigenvalue weighted by Crippen LogP contribution is -2.17. The smallest absolute Gasteiger partial charge is 0.303 e. The minimum absolute atomic E-state index is 0.00720. The Labute approximate surface area is 96.3 Å². The molecule has 6 heteroatoms. The van der Waals surface area contributed by atoms with E-state index in [1.165, 1.54) is 0 Å². The lowest BCUT2D eigenvalue weighted by molar-refractivity contribution is -0.137. The van der Waals surface area contributed by atoms with Gasteiger partial charge in [-0.2, -0.15) is 0 Å². The highest BCUT2D eigenvalue weighted by Crippen LogP contribution is 2.13. The quantitative estimate of drug-likeness (QED) is 0.597. The minimum Gasteiger partial charge on any atom is -0.481 e. The molecule has 0 fully saturated rings. The SMILES string of the molecule is O=C(O)CCCNCc1cc(F)c(F)cc1F. The number of hydrogen-bond donors (Lipinski definition) is 2. The van der Waals surface area contributed by atoms with Crippen molar-refractivity contribution in [3.63, 3.8) is 0 Å². The average molecular weight is 247 g/mol. The maximum atomic E-state index is 13.1. The van der Waals surface area contributed by atoms with Crippen LogP contribution in [-0.4, -0.2) is 17.6 Å². The number of halogens is 3. The summed E-state index contributed by atoms with van der Waals surface area (Å²) in [4.78, 5) is 10.2. The Morgan fingerprint density at radius 1 is 1.18 bits per heavy atom. The molecule has 1 rings (SSSR count). The number of rotatable bonds is 6. The third-order valence-electron chi connectivity index (χ3n) is 2.15. The number of hydrogen-bond acceptors (Lipinski definition) is 2. The standard InChI is InChI=1S/C11H12F3NO2/c12-8-5-10(14)9(13)4-7(8)6-15-3-1-2-11(16)17/h4-5,15H,1-3,6H2,(H,16,17). The Kier molecular flexibility index (Phi) is 4.96. The maximum Gasteiger partial charge on any atom is 0.303 e. The molecule has 1 aromatic carbocycles. The number of carboxylic acid groups (broad SMARTS) is 1. The fourth-order valence-electron chi connectivity index (χ4n) is 1.29. The molecule has 3 nitrogen and oxygen atoms in total. The Bertz CT molecular complexity index is 410. The van der Waals surface area contributed by atoms with E-state index in [0.29, 0.717) is 19.0 Å². The molecule has 0 saturated carbocycles. The van der Waals surface area contributed by atoms with Crippen LogP contribution in [0.25, 0.3) is 0 Å². The topological polar surface area (TPSA) is 49.3 Å². The molecular formula is C11H12F3NO2. The van der Waals surface area contributed by atoms with Gasteiger partial charge in [0.15, 0.2) is 11.6 Å². The summed E-state index contributed by atoms with van der Waals surface area (Å²) in [5.74, 6) is -4.06. The lowest BCUT2D eigenvalue weighted by Gasteiger charge is -2.06. The van der Waals surface area contributed by atoms with Gasteiger partial charge in [0, 0.05) is 24.6 Å². The molecule has 0 heterocycles. The van der Waals surface area contributed by atoms with Gasteiger partial charge in [0.1, 0.15) is 5.82 Å². The second-order valence-electron chi connectivity index (χ2n) is 3.53. The highest BCUT2D eigenvalue weighted by atomic mass is 19.2. The molecule has 0 amide bonds. The van der Waals surface area contributed by atoms with Crippen molar-refractivity contribution in [1.82, 2.24) is 5.32 Å². The van der Waals surface area contributed by atoms with Crippen LogP contribution >= 0.6 is 0 Å².